The van der Waals surface area contributed by atoms with Crippen molar-refractivity contribution in [3.8, 4) is 11.1 Å². The van der Waals surface area contributed by atoms with Crippen LogP contribution in [0.5, 0.6) is 0 Å². The summed E-state index contributed by atoms with van der Waals surface area (Å²) in [4.78, 5) is 37.2. The van der Waals surface area contributed by atoms with Gasteiger partial charge in [0.1, 0.15) is 11.5 Å². The summed E-state index contributed by atoms with van der Waals surface area (Å²) in [5, 5.41) is 6.21. The van der Waals surface area contributed by atoms with Gasteiger partial charge in [0.05, 0.1) is 10.6 Å². The Morgan fingerprint density at radius 1 is 1.05 bits per heavy atom. The normalized spacial score (nSPS) is 16.7. The first kappa shape index (κ1) is 31.4. The number of fused-ring (bicyclic) bond motifs is 1. The Morgan fingerprint density at radius 2 is 1.82 bits per heavy atom. The van der Waals surface area contributed by atoms with Crippen LogP contribution in [0.15, 0.2) is 70.0 Å². The van der Waals surface area contributed by atoms with Gasteiger partial charge >= 0.3 is 0 Å². The third-order valence-electron chi connectivity index (χ3n) is 8.47. The van der Waals surface area contributed by atoms with Crippen LogP contribution in [0.25, 0.3) is 11.1 Å². The SMILES string of the molecule is C=N/C(=C\C=C(/N)Nc1cc(-c2cccc(NC(=O)c3cc4c(s3)CCCCC4)c2C)cn(C)c1=O)CN1CCN(C)CC1. The molecule has 0 spiro atoms. The Kier molecular flexibility index (Phi) is 10.1. The molecule has 4 N–H and O–H groups in total. The zero-order valence-corrected chi connectivity index (χ0v) is 26.8. The lowest BCUT2D eigenvalue weighted by atomic mass is 10.00. The van der Waals surface area contributed by atoms with Crippen LogP contribution in [0.1, 0.15) is 44.9 Å². The van der Waals surface area contributed by atoms with E-state index in [0.717, 1.165) is 72.0 Å². The number of aryl methyl sites for hydroxylation is 3. The molecule has 1 aromatic carbocycles. The average Bonchev–Trinajstić information content (AvgIpc) is 3.29. The number of thiophene rings is 1. The number of likely N-dealkylation sites (N-methyl/N-ethyl adjacent to an activating group) is 1. The molecule has 3 heterocycles. The van der Waals surface area contributed by atoms with E-state index in [1.165, 1.54) is 34.3 Å². The smallest absolute Gasteiger partial charge is 0.274 e. The number of benzene rings is 1. The summed E-state index contributed by atoms with van der Waals surface area (Å²) in [5.74, 6) is 0.240. The second-order valence-electron chi connectivity index (χ2n) is 11.8. The zero-order chi connectivity index (χ0) is 31.2. The highest BCUT2D eigenvalue weighted by atomic mass is 32.1. The number of aliphatic imine (C=N–C) groups is 1. The summed E-state index contributed by atoms with van der Waals surface area (Å²) in [6, 6.07) is 9.69. The van der Waals surface area contributed by atoms with E-state index in [2.05, 4.69) is 45.3 Å². The minimum atomic E-state index is -0.201. The highest BCUT2D eigenvalue weighted by Gasteiger charge is 2.19. The molecule has 2 aromatic heterocycles. The van der Waals surface area contributed by atoms with Crippen molar-refractivity contribution in [2.75, 3.05) is 50.4 Å². The van der Waals surface area contributed by atoms with Gasteiger partial charge in [-0.3, -0.25) is 19.5 Å². The maximum absolute atomic E-state index is 13.3. The van der Waals surface area contributed by atoms with Crippen molar-refractivity contribution in [1.82, 2.24) is 14.4 Å². The van der Waals surface area contributed by atoms with Crippen molar-refractivity contribution in [2.24, 2.45) is 17.8 Å². The average molecular weight is 614 g/mol. The third kappa shape index (κ3) is 7.56. The van der Waals surface area contributed by atoms with Crippen molar-refractivity contribution in [3.05, 3.63) is 91.4 Å². The first-order valence-corrected chi connectivity index (χ1v) is 16.1. The van der Waals surface area contributed by atoms with Gasteiger partial charge in [0.2, 0.25) is 0 Å². The van der Waals surface area contributed by atoms with Crippen LogP contribution in [0, 0.1) is 6.92 Å². The van der Waals surface area contributed by atoms with E-state index in [4.69, 9.17) is 5.73 Å². The lowest BCUT2D eigenvalue weighted by Gasteiger charge is -2.32. The molecule has 10 heteroatoms. The number of hydrogen-bond donors (Lipinski definition) is 3. The summed E-state index contributed by atoms with van der Waals surface area (Å²) < 4.78 is 1.54. The van der Waals surface area contributed by atoms with Gasteiger partial charge in [-0.25, -0.2) is 0 Å². The van der Waals surface area contributed by atoms with Gasteiger partial charge in [-0.15, -0.1) is 11.3 Å². The van der Waals surface area contributed by atoms with Crippen LogP contribution >= 0.6 is 11.3 Å². The van der Waals surface area contributed by atoms with Gasteiger partial charge in [-0.2, -0.15) is 0 Å². The lowest BCUT2D eigenvalue weighted by molar-refractivity contribution is 0.103. The predicted octanol–water partition coefficient (Wildman–Crippen LogP) is 4.99. The van der Waals surface area contributed by atoms with Gasteiger partial charge < -0.3 is 25.8 Å². The predicted molar refractivity (Wildman–Crippen MR) is 183 cm³/mol. The van der Waals surface area contributed by atoms with Crippen molar-refractivity contribution >= 4 is 35.3 Å². The fourth-order valence-corrected chi connectivity index (χ4v) is 6.92. The number of nitrogens with two attached hydrogens (primary N) is 1. The van der Waals surface area contributed by atoms with Crippen LogP contribution in [0.3, 0.4) is 0 Å². The standard InChI is InChI=1S/C34H43N7O2S/c1-23-27(10-8-11-28(23)38-33(42)31-20-24-9-6-5-7-12-30(24)44-31)25-19-29(34(43)40(4)21-25)37-32(35)14-13-26(36-2)22-41-17-15-39(3)16-18-41/h8,10-11,13-14,19-21,37H,2,5-7,9,12,15-18,22,35H2,1,3-4H3,(H,38,42)/b26-13-,32-14+. The van der Waals surface area contributed by atoms with E-state index in [9.17, 15) is 9.59 Å². The topological polar surface area (TPSA) is 108 Å². The molecule has 232 valence electrons. The molecule has 1 amide bonds. The number of nitrogens with zero attached hydrogens (tertiary/aromatic N) is 4. The van der Waals surface area contributed by atoms with Gasteiger partial charge in [-0.05, 0) is 93.4 Å². The number of carbonyl (C=O) groups is 1. The molecule has 5 rings (SSSR count). The molecule has 1 aliphatic carbocycles. The fraction of sp³-hybridized carbons (Fsp3) is 0.382. The molecule has 1 fully saturated rings. The Morgan fingerprint density at radius 3 is 2.59 bits per heavy atom. The Bertz CT molecular complexity index is 1620. The molecule has 0 bridgehead atoms. The largest absolute Gasteiger partial charge is 0.385 e. The highest BCUT2D eigenvalue weighted by Crippen LogP contribution is 2.32. The number of anilines is 2. The van der Waals surface area contributed by atoms with E-state index in [1.807, 2.05) is 31.2 Å². The first-order chi connectivity index (χ1) is 21.2. The van der Waals surface area contributed by atoms with Crippen molar-refractivity contribution in [3.63, 3.8) is 0 Å². The van der Waals surface area contributed by atoms with E-state index < -0.39 is 0 Å². The zero-order valence-electron chi connectivity index (χ0n) is 26.0. The summed E-state index contributed by atoms with van der Waals surface area (Å²) in [7, 11) is 3.84. The Hall–Kier alpha value is -3.99. The quantitative estimate of drug-likeness (QED) is 0.178. The second kappa shape index (κ2) is 14.2. The van der Waals surface area contributed by atoms with Crippen LogP contribution in [-0.2, 0) is 19.9 Å². The first-order valence-electron chi connectivity index (χ1n) is 15.3. The molecule has 1 aliphatic heterocycles. The summed E-state index contributed by atoms with van der Waals surface area (Å²) >= 11 is 1.62. The van der Waals surface area contributed by atoms with Crippen LogP contribution in [-0.4, -0.2) is 66.8 Å². The van der Waals surface area contributed by atoms with Gasteiger partial charge in [0.15, 0.2) is 0 Å². The van der Waals surface area contributed by atoms with Gasteiger partial charge in [-0.1, -0.05) is 18.6 Å². The van der Waals surface area contributed by atoms with E-state index in [0.29, 0.717) is 18.1 Å². The molecule has 2 aliphatic rings. The third-order valence-corrected chi connectivity index (χ3v) is 9.70. The number of nitrogens with one attached hydrogen (secondary N) is 2. The number of allylic oxidation sites excluding steroid dienone is 2. The molecule has 0 radical (unpaired) electrons. The highest BCUT2D eigenvalue weighted by molar-refractivity contribution is 7.14. The molecule has 0 unspecified atom stereocenters. The second-order valence-corrected chi connectivity index (χ2v) is 12.9. The monoisotopic (exact) mass is 613 g/mol. The Labute approximate surface area is 263 Å². The van der Waals surface area contributed by atoms with Crippen LogP contribution in [0.4, 0.5) is 11.4 Å². The van der Waals surface area contributed by atoms with Crippen molar-refractivity contribution in [2.45, 2.75) is 39.0 Å². The maximum Gasteiger partial charge on any atom is 0.274 e. The van der Waals surface area contributed by atoms with E-state index >= 15 is 0 Å². The molecular weight excluding hydrogens is 570 g/mol. The molecule has 1 saturated heterocycles. The van der Waals surface area contributed by atoms with Gasteiger partial charge in [0.25, 0.3) is 11.5 Å². The van der Waals surface area contributed by atoms with Crippen molar-refractivity contribution < 1.29 is 4.79 Å². The van der Waals surface area contributed by atoms with Crippen molar-refractivity contribution in [1.29, 1.82) is 0 Å². The molecule has 0 atom stereocenters. The number of pyridine rings is 1. The summed E-state index contributed by atoms with van der Waals surface area (Å²) in [6.07, 6.45) is 11.1. The lowest BCUT2D eigenvalue weighted by Crippen LogP contribution is -2.44. The number of aromatic nitrogens is 1. The number of carbonyl (C=O) groups excluding carboxylic acids is 1. The number of rotatable bonds is 9. The number of piperazine rings is 1. The summed E-state index contributed by atoms with van der Waals surface area (Å²) in [6.45, 7) is 10.4. The van der Waals surface area contributed by atoms with Gasteiger partial charge in [0, 0.05) is 62.1 Å². The minimum absolute atomic E-state index is 0.0851. The van der Waals surface area contributed by atoms with Crippen LogP contribution in [0.2, 0.25) is 0 Å². The molecular formula is C34H43N7O2S. The Balaban J connectivity index is 1.32. The molecule has 44 heavy (non-hydrogen) atoms. The van der Waals surface area contributed by atoms with Crippen LogP contribution < -0.4 is 21.9 Å². The molecule has 0 saturated carbocycles. The van der Waals surface area contributed by atoms with E-state index in [-0.39, 0.29) is 11.5 Å². The number of hydrogen-bond acceptors (Lipinski definition) is 8. The molecule has 3 aromatic rings. The number of amides is 1. The minimum Gasteiger partial charge on any atom is -0.385 e. The van der Waals surface area contributed by atoms with E-state index in [1.54, 1.807) is 36.7 Å². The fourth-order valence-electron chi connectivity index (χ4n) is 5.77. The summed E-state index contributed by atoms with van der Waals surface area (Å²) in [5.41, 5.74) is 12.0. The maximum atomic E-state index is 13.3. The molecule has 9 nitrogen and oxygen atoms in total.